The first-order chi connectivity index (χ1) is 6.06. The fraction of sp³-hybridized carbons (Fsp3) is 0.750. The van der Waals surface area contributed by atoms with Crippen molar-refractivity contribution >= 4 is 12.0 Å². The van der Waals surface area contributed by atoms with Crippen LogP contribution in [0.3, 0.4) is 0 Å². The van der Waals surface area contributed by atoms with Gasteiger partial charge in [-0.3, -0.25) is 4.79 Å². The molecule has 76 valence electrons. The first-order valence-electron chi connectivity index (χ1n) is 4.32. The standard InChI is InChI=1S/C8H16N2O3/c1-3-9-8(13)10-6(2)4-5-7(11)12/h6H,3-5H2,1-2H3,(H,11,12)(H2,9,10,13). The van der Waals surface area contributed by atoms with Crippen molar-refractivity contribution in [3.05, 3.63) is 0 Å². The Kier molecular flexibility index (Phi) is 5.67. The molecule has 0 aromatic rings. The summed E-state index contributed by atoms with van der Waals surface area (Å²) in [4.78, 5) is 21.1. The van der Waals surface area contributed by atoms with Crippen LogP contribution in [0.25, 0.3) is 0 Å². The summed E-state index contributed by atoms with van der Waals surface area (Å²) in [6.07, 6.45) is 0.528. The van der Waals surface area contributed by atoms with Crippen LogP contribution in [0.15, 0.2) is 0 Å². The molecule has 2 amide bonds. The molecule has 0 rings (SSSR count). The van der Waals surface area contributed by atoms with Gasteiger partial charge in [-0.15, -0.1) is 0 Å². The number of hydrogen-bond donors (Lipinski definition) is 3. The van der Waals surface area contributed by atoms with Gasteiger partial charge in [0.2, 0.25) is 0 Å². The van der Waals surface area contributed by atoms with E-state index >= 15 is 0 Å². The van der Waals surface area contributed by atoms with Gasteiger partial charge in [0, 0.05) is 19.0 Å². The van der Waals surface area contributed by atoms with Gasteiger partial charge in [0.25, 0.3) is 0 Å². The zero-order chi connectivity index (χ0) is 10.3. The molecule has 0 saturated heterocycles. The fourth-order valence-electron chi connectivity index (χ4n) is 0.848. The number of carboxylic acids is 1. The van der Waals surface area contributed by atoms with Gasteiger partial charge >= 0.3 is 12.0 Å². The highest BCUT2D eigenvalue weighted by atomic mass is 16.4. The van der Waals surface area contributed by atoms with Crippen molar-refractivity contribution in [2.45, 2.75) is 32.7 Å². The Morgan fingerprint density at radius 1 is 1.46 bits per heavy atom. The zero-order valence-electron chi connectivity index (χ0n) is 7.96. The van der Waals surface area contributed by atoms with E-state index in [-0.39, 0.29) is 18.5 Å². The Bertz CT molecular complexity index is 182. The van der Waals surface area contributed by atoms with Gasteiger partial charge in [0.15, 0.2) is 0 Å². The van der Waals surface area contributed by atoms with Crippen molar-refractivity contribution in [2.75, 3.05) is 6.54 Å². The summed E-state index contributed by atoms with van der Waals surface area (Å²) in [6.45, 7) is 4.16. The minimum Gasteiger partial charge on any atom is -0.481 e. The lowest BCUT2D eigenvalue weighted by molar-refractivity contribution is -0.137. The van der Waals surface area contributed by atoms with Gasteiger partial charge in [0.1, 0.15) is 0 Å². The van der Waals surface area contributed by atoms with E-state index in [9.17, 15) is 9.59 Å². The lowest BCUT2D eigenvalue weighted by Crippen LogP contribution is -2.40. The average Bonchev–Trinajstić information content (AvgIpc) is 2.01. The number of amides is 2. The number of urea groups is 1. The highest BCUT2D eigenvalue weighted by molar-refractivity contribution is 5.74. The maximum atomic E-state index is 10.9. The van der Waals surface area contributed by atoms with Crippen molar-refractivity contribution in [3.8, 4) is 0 Å². The average molecular weight is 188 g/mol. The summed E-state index contributed by atoms with van der Waals surface area (Å²) in [5.41, 5.74) is 0. The Morgan fingerprint density at radius 3 is 2.54 bits per heavy atom. The van der Waals surface area contributed by atoms with Gasteiger partial charge in [-0.05, 0) is 20.3 Å². The second-order valence-corrected chi connectivity index (χ2v) is 2.84. The number of nitrogens with one attached hydrogen (secondary N) is 2. The molecule has 1 unspecified atom stereocenters. The Balaban J connectivity index is 3.55. The van der Waals surface area contributed by atoms with Crippen LogP contribution >= 0.6 is 0 Å². The summed E-state index contributed by atoms with van der Waals surface area (Å²) in [7, 11) is 0. The molecule has 0 saturated carbocycles. The van der Waals surface area contributed by atoms with Crippen molar-refractivity contribution in [3.63, 3.8) is 0 Å². The summed E-state index contributed by atoms with van der Waals surface area (Å²) >= 11 is 0. The smallest absolute Gasteiger partial charge is 0.314 e. The van der Waals surface area contributed by atoms with Crippen LogP contribution in [0, 0.1) is 0 Å². The Morgan fingerprint density at radius 2 is 2.08 bits per heavy atom. The summed E-state index contributed by atoms with van der Waals surface area (Å²) in [6, 6.07) is -0.358. The minimum absolute atomic E-state index is 0.0770. The van der Waals surface area contributed by atoms with Gasteiger partial charge in [0.05, 0.1) is 0 Å². The predicted molar refractivity (Wildman–Crippen MR) is 48.5 cm³/mol. The molecule has 3 N–H and O–H groups in total. The number of carbonyl (C=O) groups excluding carboxylic acids is 1. The van der Waals surface area contributed by atoms with Crippen LogP contribution in [0.4, 0.5) is 4.79 Å². The SMILES string of the molecule is CCNC(=O)NC(C)CCC(=O)O. The van der Waals surface area contributed by atoms with Crippen molar-refractivity contribution in [1.82, 2.24) is 10.6 Å². The van der Waals surface area contributed by atoms with Crippen molar-refractivity contribution in [1.29, 1.82) is 0 Å². The maximum Gasteiger partial charge on any atom is 0.314 e. The third kappa shape index (κ3) is 7.11. The molecule has 0 radical (unpaired) electrons. The lowest BCUT2D eigenvalue weighted by Gasteiger charge is -2.12. The van der Waals surface area contributed by atoms with Gasteiger partial charge in [-0.1, -0.05) is 0 Å². The number of carboxylic acid groups (broad SMARTS) is 1. The molecule has 0 heterocycles. The third-order valence-electron chi connectivity index (χ3n) is 1.51. The number of hydrogen-bond acceptors (Lipinski definition) is 2. The third-order valence-corrected chi connectivity index (χ3v) is 1.51. The number of carbonyl (C=O) groups is 2. The van der Waals surface area contributed by atoms with E-state index in [0.717, 1.165) is 0 Å². The van der Waals surface area contributed by atoms with Crippen molar-refractivity contribution < 1.29 is 14.7 Å². The molecule has 1 atom stereocenters. The van der Waals surface area contributed by atoms with Crippen molar-refractivity contribution in [2.24, 2.45) is 0 Å². The molecule has 0 spiro atoms. The molecule has 0 aliphatic carbocycles. The quantitative estimate of drug-likeness (QED) is 0.589. The van der Waals surface area contributed by atoms with Crippen LogP contribution in [-0.4, -0.2) is 29.7 Å². The lowest BCUT2D eigenvalue weighted by atomic mass is 10.2. The van der Waals surface area contributed by atoms with Crippen LogP contribution < -0.4 is 10.6 Å². The predicted octanol–water partition coefficient (Wildman–Crippen LogP) is 0.559. The van der Waals surface area contributed by atoms with E-state index in [4.69, 9.17) is 5.11 Å². The Labute approximate surface area is 77.5 Å². The monoisotopic (exact) mass is 188 g/mol. The Hall–Kier alpha value is -1.26. The van der Waals surface area contributed by atoms with Gasteiger partial charge in [-0.2, -0.15) is 0 Å². The normalized spacial score (nSPS) is 11.8. The van der Waals surface area contributed by atoms with Crippen LogP contribution in [0.1, 0.15) is 26.7 Å². The van der Waals surface area contributed by atoms with Crippen LogP contribution in [-0.2, 0) is 4.79 Å². The summed E-state index contributed by atoms with van der Waals surface area (Å²) < 4.78 is 0. The molecule has 13 heavy (non-hydrogen) atoms. The van der Waals surface area contributed by atoms with E-state index < -0.39 is 5.97 Å². The zero-order valence-corrected chi connectivity index (χ0v) is 7.96. The minimum atomic E-state index is -0.843. The maximum absolute atomic E-state index is 10.9. The van der Waals surface area contributed by atoms with E-state index in [1.54, 1.807) is 6.92 Å². The molecule has 0 bridgehead atoms. The highest BCUT2D eigenvalue weighted by Gasteiger charge is 2.07. The second kappa shape index (κ2) is 6.28. The second-order valence-electron chi connectivity index (χ2n) is 2.84. The molecule has 0 aliphatic rings. The highest BCUT2D eigenvalue weighted by Crippen LogP contribution is 1.95. The first-order valence-corrected chi connectivity index (χ1v) is 4.32. The molecule has 5 nitrogen and oxygen atoms in total. The first kappa shape index (κ1) is 11.7. The molecule has 0 aromatic carbocycles. The van der Waals surface area contributed by atoms with Crippen LogP contribution in [0.5, 0.6) is 0 Å². The van der Waals surface area contributed by atoms with E-state index in [1.807, 2.05) is 6.92 Å². The van der Waals surface area contributed by atoms with Gasteiger partial charge in [-0.25, -0.2) is 4.79 Å². The summed E-state index contributed by atoms with van der Waals surface area (Å²) in [5.74, 6) is -0.843. The fourth-order valence-corrected chi connectivity index (χ4v) is 0.848. The molecular weight excluding hydrogens is 172 g/mol. The molecule has 0 aliphatic heterocycles. The molecule has 0 fully saturated rings. The molecule has 0 aromatic heterocycles. The van der Waals surface area contributed by atoms with E-state index in [2.05, 4.69) is 10.6 Å². The number of aliphatic carboxylic acids is 1. The topological polar surface area (TPSA) is 78.4 Å². The number of rotatable bonds is 5. The van der Waals surface area contributed by atoms with E-state index in [0.29, 0.717) is 13.0 Å². The molecule has 5 heteroatoms. The van der Waals surface area contributed by atoms with Gasteiger partial charge < -0.3 is 15.7 Å². The summed E-state index contributed by atoms with van der Waals surface area (Å²) in [5, 5.41) is 13.6. The van der Waals surface area contributed by atoms with E-state index in [1.165, 1.54) is 0 Å². The largest absolute Gasteiger partial charge is 0.481 e. The molecular formula is C8H16N2O3. The van der Waals surface area contributed by atoms with Crippen LogP contribution in [0.2, 0.25) is 0 Å².